The molecule has 1 heterocycles. The van der Waals surface area contributed by atoms with Crippen molar-refractivity contribution in [1.82, 2.24) is 9.97 Å². The maximum absolute atomic E-state index is 12.2. The first kappa shape index (κ1) is 12.7. The largest absolute Gasteiger partial charge is 0.406 e. The molecule has 0 aliphatic heterocycles. The van der Waals surface area contributed by atoms with Gasteiger partial charge in [-0.05, 0) is 6.92 Å². The molecular weight excluding hydrogens is 221 g/mol. The second-order valence-electron chi connectivity index (χ2n) is 3.22. The molecule has 0 saturated carbocycles. The van der Waals surface area contributed by atoms with Crippen molar-refractivity contribution in [2.75, 3.05) is 18.0 Å². The Kier molecular flexibility index (Phi) is 4.05. The first-order chi connectivity index (χ1) is 7.46. The summed E-state index contributed by atoms with van der Waals surface area (Å²) in [6, 6.07) is 0. The van der Waals surface area contributed by atoms with Crippen molar-refractivity contribution in [3.8, 4) is 0 Å². The monoisotopic (exact) mass is 234 g/mol. The molecule has 4 nitrogen and oxygen atoms in total. The number of nitrogens with zero attached hydrogens (tertiary/aromatic N) is 3. The van der Waals surface area contributed by atoms with Crippen LogP contribution in [0.15, 0.2) is 12.4 Å². The third-order valence-corrected chi connectivity index (χ3v) is 1.96. The predicted octanol–water partition coefficient (Wildman–Crippen LogP) is 1.32. The van der Waals surface area contributed by atoms with Gasteiger partial charge < -0.3 is 10.6 Å². The van der Waals surface area contributed by atoms with Crippen LogP contribution in [0, 0.1) is 0 Å². The molecule has 0 radical (unpaired) electrons. The third-order valence-electron chi connectivity index (χ3n) is 1.96. The van der Waals surface area contributed by atoms with Gasteiger partial charge in [-0.25, -0.2) is 9.97 Å². The minimum atomic E-state index is -4.26. The molecule has 7 heteroatoms. The predicted molar refractivity (Wildman–Crippen MR) is 53.9 cm³/mol. The molecule has 0 aromatic carbocycles. The zero-order valence-corrected chi connectivity index (χ0v) is 8.83. The topological polar surface area (TPSA) is 55.0 Å². The van der Waals surface area contributed by atoms with Gasteiger partial charge in [0.25, 0.3) is 0 Å². The standard InChI is InChI=1S/C9H13F3N4/c1-2-16(6-9(10,11)12)8-14-4-7(3-13)5-15-8/h4-5H,2-3,6,13H2,1H3. The Balaban J connectivity index is 2.79. The molecule has 90 valence electrons. The summed E-state index contributed by atoms with van der Waals surface area (Å²) in [5, 5.41) is 0. The molecule has 0 saturated heterocycles. The van der Waals surface area contributed by atoms with Crippen LogP contribution >= 0.6 is 0 Å². The Bertz CT molecular complexity index is 323. The highest BCUT2D eigenvalue weighted by atomic mass is 19.4. The van der Waals surface area contributed by atoms with Crippen molar-refractivity contribution in [3.63, 3.8) is 0 Å². The average Bonchev–Trinajstić information content (AvgIpc) is 2.25. The summed E-state index contributed by atoms with van der Waals surface area (Å²) in [6.07, 6.45) is -1.39. The molecule has 0 fully saturated rings. The van der Waals surface area contributed by atoms with E-state index < -0.39 is 12.7 Å². The fraction of sp³-hybridized carbons (Fsp3) is 0.556. The summed E-state index contributed by atoms with van der Waals surface area (Å²) in [5.74, 6) is 0.0667. The Morgan fingerprint density at radius 3 is 2.25 bits per heavy atom. The molecular formula is C9H13F3N4. The van der Waals surface area contributed by atoms with Gasteiger partial charge in [0.15, 0.2) is 0 Å². The lowest BCUT2D eigenvalue weighted by atomic mass is 10.3. The Morgan fingerprint density at radius 2 is 1.88 bits per heavy atom. The number of hydrogen-bond acceptors (Lipinski definition) is 4. The number of hydrogen-bond donors (Lipinski definition) is 1. The highest BCUT2D eigenvalue weighted by Gasteiger charge is 2.31. The number of rotatable bonds is 4. The van der Waals surface area contributed by atoms with E-state index in [0.717, 1.165) is 4.90 Å². The minimum absolute atomic E-state index is 0.0667. The van der Waals surface area contributed by atoms with Gasteiger partial charge in [0.1, 0.15) is 6.54 Å². The van der Waals surface area contributed by atoms with Crippen molar-refractivity contribution < 1.29 is 13.2 Å². The van der Waals surface area contributed by atoms with Crippen molar-refractivity contribution in [2.45, 2.75) is 19.6 Å². The lowest BCUT2D eigenvalue weighted by molar-refractivity contribution is -0.119. The van der Waals surface area contributed by atoms with Crippen LogP contribution in [0.5, 0.6) is 0 Å². The zero-order valence-electron chi connectivity index (χ0n) is 8.83. The average molecular weight is 234 g/mol. The molecule has 2 N–H and O–H groups in total. The van der Waals surface area contributed by atoms with E-state index in [0.29, 0.717) is 5.56 Å². The summed E-state index contributed by atoms with van der Waals surface area (Å²) in [7, 11) is 0. The quantitative estimate of drug-likeness (QED) is 0.853. The van der Waals surface area contributed by atoms with Gasteiger partial charge in [-0.2, -0.15) is 13.2 Å². The second kappa shape index (κ2) is 5.11. The summed E-state index contributed by atoms with van der Waals surface area (Å²) in [5.41, 5.74) is 6.02. The fourth-order valence-corrected chi connectivity index (χ4v) is 1.16. The number of halogens is 3. The van der Waals surface area contributed by atoms with Gasteiger partial charge in [0, 0.05) is 31.0 Å². The van der Waals surface area contributed by atoms with Crippen LogP contribution in [0.2, 0.25) is 0 Å². The van der Waals surface area contributed by atoms with Crippen LogP contribution in [0.25, 0.3) is 0 Å². The molecule has 0 atom stereocenters. The lowest BCUT2D eigenvalue weighted by Gasteiger charge is -2.21. The van der Waals surface area contributed by atoms with Crippen molar-refractivity contribution in [1.29, 1.82) is 0 Å². The van der Waals surface area contributed by atoms with Gasteiger partial charge in [0.2, 0.25) is 5.95 Å². The minimum Gasteiger partial charge on any atom is -0.332 e. The Morgan fingerprint density at radius 1 is 1.31 bits per heavy atom. The third kappa shape index (κ3) is 3.65. The summed E-state index contributed by atoms with van der Waals surface area (Å²) in [6.45, 7) is 1.03. The number of aromatic nitrogens is 2. The van der Waals surface area contributed by atoms with E-state index >= 15 is 0 Å². The van der Waals surface area contributed by atoms with Crippen LogP contribution in [0.1, 0.15) is 12.5 Å². The van der Waals surface area contributed by atoms with Gasteiger partial charge in [-0.1, -0.05) is 0 Å². The molecule has 0 aliphatic rings. The lowest BCUT2D eigenvalue weighted by Crippen LogP contribution is -2.35. The maximum atomic E-state index is 12.2. The molecule has 1 aromatic heterocycles. The van der Waals surface area contributed by atoms with E-state index in [-0.39, 0.29) is 19.0 Å². The summed E-state index contributed by atoms with van der Waals surface area (Å²) < 4.78 is 36.6. The smallest absolute Gasteiger partial charge is 0.332 e. The SMILES string of the molecule is CCN(CC(F)(F)F)c1ncc(CN)cn1. The van der Waals surface area contributed by atoms with Crippen molar-refractivity contribution in [2.24, 2.45) is 5.73 Å². The summed E-state index contributed by atoms with van der Waals surface area (Å²) in [4.78, 5) is 8.74. The molecule has 1 rings (SSSR count). The van der Waals surface area contributed by atoms with Gasteiger partial charge in [-0.3, -0.25) is 0 Å². The van der Waals surface area contributed by atoms with E-state index in [1.807, 2.05) is 0 Å². The first-order valence-corrected chi connectivity index (χ1v) is 4.79. The van der Waals surface area contributed by atoms with E-state index in [2.05, 4.69) is 9.97 Å². The molecule has 0 amide bonds. The number of alkyl halides is 3. The van der Waals surface area contributed by atoms with E-state index in [9.17, 15) is 13.2 Å². The molecule has 1 aromatic rings. The van der Waals surface area contributed by atoms with E-state index in [1.165, 1.54) is 12.4 Å². The zero-order chi connectivity index (χ0) is 12.2. The molecule has 0 bridgehead atoms. The number of nitrogens with two attached hydrogens (primary N) is 1. The Labute approximate surface area is 91.3 Å². The normalized spacial score (nSPS) is 11.6. The van der Waals surface area contributed by atoms with Crippen molar-refractivity contribution >= 4 is 5.95 Å². The van der Waals surface area contributed by atoms with Crippen LogP contribution in [0.4, 0.5) is 19.1 Å². The highest BCUT2D eigenvalue weighted by molar-refractivity contribution is 5.29. The second-order valence-corrected chi connectivity index (χ2v) is 3.22. The van der Waals surface area contributed by atoms with Crippen LogP contribution in [-0.2, 0) is 6.54 Å². The Hall–Kier alpha value is -1.37. The molecule has 0 unspecified atom stereocenters. The van der Waals surface area contributed by atoms with E-state index in [1.54, 1.807) is 6.92 Å². The number of anilines is 1. The maximum Gasteiger partial charge on any atom is 0.406 e. The van der Waals surface area contributed by atoms with E-state index in [4.69, 9.17) is 5.73 Å². The molecule has 0 spiro atoms. The van der Waals surface area contributed by atoms with Crippen molar-refractivity contribution in [3.05, 3.63) is 18.0 Å². The van der Waals surface area contributed by atoms with Gasteiger partial charge in [0.05, 0.1) is 0 Å². The van der Waals surface area contributed by atoms with Crippen LogP contribution in [-0.4, -0.2) is 29.2 Å². The van der Waals surface area contributed by atoms with Gasteiger partial charge >= 0.3 is 6.18 Å². The van der Waals surface area contributed by atoms with Gasteiger partial charge in [-0.15, -0.1) is 0 Å². The molecule has 16 heavy (non-hydrogen) atoms. The molecule has 0 aliphatic carbocycles. The van der Waals surface area contributed by atoms with Crippen LogP contribution in [0.3, 0.4) is 0 Å². The highest BCUT2D eigenvalue weighted by Crippen LogP contribution is 2.19. The summed E-state index contributed by atoms with van der Waals surface area (Å²) >= 11 is 0. The first-order valence-electron chi connectivity index (χ1n) is 4.79. The fourth-order valence-electron chi connectivity index (χ4n) is 1.16. The van der Waals surface area contributed by atoms with Crippen LogP contribution < -0.4 is 10.6 Å².